The van der Waals surface area contributed by atoms with Crippen molar-refractivity contribution in [3.63, 3.8) is 0 Å². The lowest BCUT2D eigenvalue weighted by molar-refractivity contribution is 0.238. The lowest BCUT2D eigenvalue weighted by Crippen LogP contribution is -2.42. The number of benzene rings is 1. The van der Waals surface area contributed by atoms with Crippen LogP contribution < -0.4 is 15.2 Å². The van der Waals surface area contributed by atoms with E-state index in [1.807, 2.05) is 6.07 Å². The van der Waals surface area contributed by atoms with Gasteiger partial charge in [0.1, 0.15) is 0 Å². The van der Waals surface area contributed by atoms with Crippen LogP contribution in [0.1, 0.15) is 30.4 Å². The van der Waals surface area contributed by atoms with Crippen LogP contribution in [-0.2, 0) is 5.41 Å². The van der Waals surface area contributed by atoms with Crippen molar-refractivity contribution in [3.8, 4) is 11.5 Å². The monoisotopic (exact) mass is 313 g/mol. The summed E-state index contributed by atoms with van der Waals surface area (Å²) in [7, 11) is 3.36. The Balaban J connectivity index is 2.66. The third-order valence-electron chi connectivity index (χ3n) is 4.10. The molecule has 4 heteroatoms. The fourth-order valence-corrected chi connectivity index (χ4v) is 3.26. The van der Waals surface area contributed by atoms with E-state index in [-0.39, 0.29) is 5.41 Å². The summed E-state index contributed by atoms with van der Waals surface area (Å²) in [5, 5.41) is 0. The molecule has 1 saturated carbocycles. The Morgan fingerprint density at radius 2 is 2.00 bits per heavy atom. The first-order chi connectivity index (χ1) is 8.59. The lowest BCUT2D eigenvalue weighted by atomic mass is 9.63. The molecule has 3 nitrogen and oxygen atoms in total. The molecule has 100 valence electrons. The van der Waals surface area contributed by atoms with Crippen LogP contribution in [0.15, 0.2) is 10.5 Å². The van der Waals surface area contributed by atoms with E-state index in [0.717, 1.165) is 28.8 Å². The molecule has 1 aliphatic rings. The van der Waals surface area contributed by atoms with Gasteiger partial charge >= 0.3 is 0 Å². The van der Waals surface area contributed by atoms with Crippen molar-refractivity contribution in [2.75, 3.05) is 20.8 Å². The first-order valence-electron chi connectivity index (χ1n) is 6.21. The van der Waals surface area contributed by atoms with Crippen molar-refractivity contribution in [3.05, 3.63) is 21.7 Å². The van der Waals surface area contributed by atoms with Gasteiger partial charge in [0.15, 0.2) is 11.5 Å². The van der Waals surface area contributed by atoms with Gasteiger partial charge < -0.3 is 15.2 Å². The van der Waals surface area contributed by atoms with Crippen LogP contribution in [-0.4, -0.2) is 20.8 Å². The second-order valence-corrected chi connectivity index (χ2v) is 5.79. The average molecular weight is 314 g/mol. The molecular weight excluding hydrogens is 294 g/mol. The minimum Gasteiger partial charge on any atom is -0.493 e. The minimum absolute atomic E-state index is 0.0620. The molecule has 0 saturated heterocycles. The van der Waals surface area contributed by atoms with E-state index in [2.05, 4.69) is 22.9 Å². The molecule has 0 heterocycles. The van der Waals surface area contributed by atoms with Crippen LogP contribution in [0.25, 0.3) is 0 Å². The zero-order valence-corrected chi connectivity index (χ0v) is 12.8. The lowest BCUT2D eigenvalue weighted by Gasteiger charge is -2.43. The fraction of sp³-hybridized carbons (Fsp3) is 0.571. The standard InChI is InChI=1S/C14H20BrNO2/c1-9-10(15)7-11(17-2)13(18-3)12(9)14(8-16)5-4-6-14/h7H,4-6,8,16H2,1-3H3. The summed E-state index contributed by atoms with van der Waals surface area (Å²) in [5.74, 6) is 1.60. The van der Waals surface area contributed by atoms with Crippen LogP contribution in [0.2, 0.25) is 0 Å². The van der Waals surface area contributed by atoms with E-state index >= 15 is 0 Å². The van der Waals surface area contributed by atoms with Crippen molar-refractivity contribution in [2.45, 2.75) is 31.6 Å². The molecule has 1 aromatic rings. The summed E-state index contributed by atoms with van der Waals surface area (Å²) < 4.78 is 12.1. The van der Waals surface area contributed by atoms with E-state index < -0.39 is 0 Å². The van der Waals surface area contributed by atoms with E-state index in [1.54, 1.807) is 14.2 Å². The summed E-state index contributed by atoms with van der Waals surface area (Å²) in [5.41, 5.74) is 8.50. The van der Waals surface area contributed by atoms with Crippen molar-refractivity contribution >= 4 is 15.9 Å². The molecule has 0 radical (unpaired) electrons. The van der Waals surface area contributed by atoms with E-state index in [9.17, 15) is 0 Å². The fourth-order valence-electron chi connectivity index (χ4n) is 2.85. The SMILES string of the molecule is COc1cc(Br)c(C)c(C2(CN)CCC2)c1OC. The minimum atomic E-state index is 0.0620. The predicted molar refractivity (Wildman–Crippen MR) is 76.6 cm³/mol. The largest absolute Gasteiger partial charge is 0.493 e. The number of hydrogen-bond donors (Lipinski definition) is 1. The molecule has 1 aromatic carbocycles. The Kier molecular flexibility index (Phi) is 3.87. The Morgan fingerprint density at radius 1 is 1.33 bits per heavy atom. The first-order valence-corrected chi connectivity index (χ1v) is 7.00. The quantitative estimate of drug-likeness (QED) is 0.928. The maximum absolute atomic E-state index is 6.02. The molecule has 0 spiro atoms. The van der Waals surface area contributed by atoms with Gasteiger partial charge in [-0.1, -0.05) is 22.4 Å². The third kappa shape index (κ3) is 1.91. The summed E-state index contributed by atoms with van der Waals surface area (Å²) in [6.07, 6.45) is 3.48. The van der Waals surface area contributed by atoms with Gasteiger partial charge in [-0.3, -0.25) is 0 Å². The van der Waals surface area contributed by atoms with Crippen LogP contribution >= 0.6 is 15.9 Å². The zero-order valence-electron chi connectivity index (χ0n) is 11.2. The second-order valence-electron chi connectivity index (χ2n) is 4.93. The van der Waals surface area contributed by atoms with Gasteiger partial charge in [0.05, 0.1) is 14.2 Å². The van der Waals surface area contributed by atoms with Gasteiger partial charge in [0.2, 0.25) is 0 Å². The molecule has 2 rings (SSSR count). The number of methoxy groups -OCH3 is 2. The molecular formula is C14H20BrNO2. The van der Waals surface area contributed by atoms with Crippen LogP contribution in [0, 0.1) is 6.92 Å². The van der Waals surface area contributed by atoms with Crippen LogP contribution in [0.5, 0.6) is 11.5 Å². The van der Waals surface area contributed by atoms with E-state index in [4.69, 9.17) is 15.2 Å². The van der Waals surface area contributed by atoms with Crippen molar-refractivity contribution in [2.24, 2.45) is 5.73 Å². The number of ether oxygens (including phenoxy) is 2. The zero-order chi connectivity index (χ0) is 13.3. The molecule has 0 atom stereocenters. The first kappa shape index (κ1) is 13.7. The predicted octanol–water partition coefficient (Wildman–Crippen LogP) is 3.16. The molecule has 0 bridgehead atoms. The highest BCUT2D eigenvalue weighted by Gasteiger charge is 2.42. The molecule has 0 amide bonds. The number of rotatable bonds is 4. The summed E-state index contributed by atoms with van der Waals surface area (Å²) in [6, 6.07) is 1.96. The van der Waals surface area contributed by atoms with Gasteiger partial charge in [-0.2, -0.15) is 0 Å². The summed E-state index contributed by atoms with van der Waals surface area (Å²) >= 11 is 3.60. The van der Waals surface area contributed by atoms with Crippen LogP contribution in [0.3, 0.4) is 0 Å². The smallest absolute Gasteiger partial charge is 0.164 e. The molecule has 0 aliphatic heterocycles. The van der Waals surface area contributed by atoms with Crippen molar-refractivity contribution < 1.29 is 9.47 Å². The van der Waals surface area contributed by atoms with Gasteiger partial charge in [0.25, 0.3) is 0 Å². The van der Waals surface area contributed by atoms with Gasteiger partial charge in [-0.05, 0) is 31.4 Å². The third-order valence-corrected chi connectivity index (χ3v) is 4.92. The molecule has 2 N–H and O–H groups in total. The topological polar surface area (TPSA) is 44.5 Å². The molecule has 0 unspecified atom stereocenters. The maximum atomic E-state index is 6.02. The Morgan fingerprint density at radius 3 is 2.39 bits per heavy atom. The highest BCUT2D eigenvalue weighted by atomic mass is 79.9. The molecule has 0 aromatic heterocycles. The average Bonchev–Trinajstić information content (AvgIpc) is 2.33. The maximum Gasteiger partial charge on any atom is 0.164 e. The second kappa shape index (κ2) is 5.10. The van der Waals surface area contributed by atoms with E-state index in [1.165, 1.54) is 17.5 Å². The highest BCUT2D eigenvalue weighted by molar-refractivity contribution is 9.10. The van der Waals surface area contributed by atoms with Gasteiger partial charge in [-0.15, -0.1) is 0 Å². The van der Waals surface area contributed by atoms with Crippen molar-refractivity contribution in [1.82, 2.24) is 0 Å². The van der Waals surface area contributed by atoms with Gasteiger partial charge in [0, 0.05) is 22.0 Å². The Labute approximate surface area is 117 Å². The van der Waals surface area contributed by atoms with Gasteiger partial charge in [-0.25, -0.2) is 0 Å². The van der Waals surface area contributed by atoms with Crippen LogP contribution in [0.4, 0.5) is 0 Å². The molecule has 1 fully saturated rings. The number of halogens is 1. The summed E-state index contributed by atoms with van der Waals surface area (Å²) in [4.78, 5) is 0. The van der Waals surface area contributed by atoms with E-state index in [0.29, 0.717) is 6.54 Å². The molecule has 1 aliphatic carbocycles. The number of nitrogens with two attached hydrogens (primary N) is 1. The number of hydrogen-bond acceptors (Lipinski definition) is 3. The Hall–Kier alpha value is -0.740. The normalized spacial score (nSPS) is 17.2. The van der Waals surface area contributed by atoms with Crippen molar-refractivity contribution in [1.29, 1.82) is 0 Å². The highest BCUT2D eigenvalue weighted by Crippen LogP contribution is 2.51. The summed E-state index contributed by atoms with van der Waals surface area (Å²) in [6.45, 7) is 2.76. The Bertz CT molecular complexity index is 450. The molecule has 18 heavy (non-hydrogen) atoms.